The minimum Gasteiger partial charge on any atom is -0.372 e. The van der Waals surface area contributed by atoms with Crippen LogP contribution in [0.3, 0.4) is 0 Å². The molecule has 5 nitrogen and oxygen atoms in total. The molecule has 27 heavy (non-hydrogen) atoms. The van der Waals surface area contributed by atoms with Gasteiger partial charge in [0.05, 0.1) is 11.3 Å². The highest BCUT2D eigenvalue weighted by atomic mass is 32.2. The van der Waals surface area contributed by atoms with E-state index in [0.717, 1.165) is 34.7 Å². The number of carbonyl (C=O) groups excluding carboxylic acids is 1. The summed E-state index contributed by atoms with van der Waals surface area (Å²) in [5, 5.41) is 4.77. The van der Waals surface area contributed by atoms with E-state index in [2.05, 4.69) is 32.3 Å². The number of amides is 1. The van der Waals surface area contributed by atoms with Gasteiger partial charge in [0, 0.05) is 29.9 Å². The number of thioether (sulfide) groups is 1. The largest absolute Gasteiger partial charge is 0.372 e. The van der Waals surface area contributed by atoms with E-state index in [0.29, 0.717) is 5.75 Å². The predicted octanol–water partition coefficient (Wildman–Crippen LogP) is 4.35. The van der Waals surface area contributed by atoms with Crippen molar-refractivity contribution in [1.29, 1.82) is 0 Å². The molecule has 1 amide bonds. The number of aromatic nitrogens is 2. The average Bonchev–Trinajstić information content (AvgIpc) is 2.73. The fourth-order valence-corrected chi connectivity index (χ4v) is 4.12. The third-order valence-electron chi connectivity index (χ3n) is 4.72. The lowest BCUT2D eigenvalue weighted by atomic mass is 10.1. The van der Waals surface area contributed by atoms with Crippen LogP contribution in [-0.2, 0) is 4.79 Å². The first-order valence-corrected chi connectivity index (χ1v) is 10.3. The Kier molecular flexibility index (Phi) is 5.53. The third-order valence-corrected chi connectivity index (χ3v) is 5.72. The van der Waals surface area contributed by atoms with Crippen LogP contribution < -0.4 is 10.2 Å². The quantitative estimate of drug-likeness (QED) is 0.528. The van der Waals surface area contributed by atoms with Gasteiger partial charge in [0.1, 0.15) is 11.4 Å². The number of fused-ring (bicyclic) bond motifs is 1. The van der Waals surface area contributed by atoms with Crippen molar-refractivity contribution in [2.45, 2.75) is 24.3 Å². The van der Waals surface area contributed by atoms with Crippen LogP contribution in [0.15, 0.2) is 59.9 Å². The monoisotopic (exact) mass is 378 g/mol. The number of carbonyl (C=O) groups is 1. The fraction of sp³-hybridized carbons (Fsp3) is 0.286. The van der Waals surface area contributed by atoms with Crippen LogP contribution in [0.25, 0.3) is 10.9 Å². The number of hydrogen-bond acceptors (Lipinski definition) is 5. The second-order valence-corrected chi connectivity index (χ2v) is 7.59. The van der Waals surface area contributed by atoms with Crippen molar-refractivity contribution in [1.82, 2.24) is 9.97 Å². The SMILES string of the molecule is O=C(CSc1ncnc2ccccc12)Nc1ccc(N2CCCCC2)cc1. The average molecular weight is 379 g/mol. The topological polar surface area (TPSA) is 58.1 Å². The van der Waals surface area contributed by atoms with Crippen LogP contribution in [0.4, 0.5) is 11.4 Å². The number of piperidine rings is 1. The highest BCUT2D eigenvalue weighted by molar-refractivity contribution is 8.00. The Morgan fingerprint density at radius 1 is 1.00 bits per heavy atom. The van der Waals surface area contributed by atoms with Crippen molar-refractivity contribution in [3.05, 3.63) is 54.9 Å². The molecule has 0 unspecified atom stereocenters. The molecule has 2 heterocycles. The van der Waals surface area contributed by atoms with E-state index < -0.39 is 0 Å². The van der Waals surface area contributed by atoms with E-state index in [1.807, 2.05) is 36.4 Å². The van der Waals surface area contributed by atoms with Crippen LogP contribution in [-0.4, -0.2) is 34.7 Å². The number of benzene rings is 2. The maximum Gasteiger partial charge on any atom is 0.234 e. The van der Waals surface area contributed by atoms with Gasteiger partial charge >= 0.3 is 0 Å². The Hall–Kier alpha value is -2.60. The molecular formula is C21H22N4OS. The molecule has 1 aromatic heterocycles. The van der Waals surface area contributed by atoms with E-state index >= 15 is 0 Å². The number of anilines is 2. The molecule has 1 N–H and O–H groups in total. The third kappa shape index (κ3) is 4.39. The van der Waals surface area contributed by atoms with Crippen molar-refractivity contribution in [2.75, 3.05) is 29.1 Å². The van der Waals surface area contributed by atoms with Gasteiger partial charge in [-0.05, 0) is 49.6 Å². The molecular weight excluding hydrogens is 356 g/mol. The Balaban J connectivity index is 1.35. The summed E-state index contributed by atoms with van der Waals surface area (Å²) in [7, 11) is 0. The van der Waals surface area contributed by atoms with Gasteiger partial charge < -0.3 is 10.2 Å². The second kappa shape index (κ2) is 8.39. The summed E-state index contributed by atoms with van der Waals surface area (Å²) in [5.74, 6) is 0.280. The second-order valence-electron chi connectivity index (χ2n) is 6.63. The molecule has 6 heteroatoms. The summed E-state index contributed by atoms with van der Waals surface area (Å²) in [6.07, 6.45) is 5.38. The van der Waals surface area contributed by atoms with Gasteiger partial charge in [0.15, 0.2) is 0 Å². The van der Waals surface area contributed by atoms with Crippen LogP contribution in [0.2, 0.25) is 0 Å². The van der Waals surface area contributed by atoms with Gasteiger partial charge in [-0.25, -0.2) is 9.97 Å². The number of para-hydroxylation sites is 1. The molecule has 0 aliphatic carbocycles. The molecule has 0 atom stereocenters. The minimum atomic E-state index is -0.0339. The molecule has 1 aliphatic rings. The van der Waals surface area contributed by atoms with Crippen molar-refractivity contribution >= 4 is 39.9 Å². The van der Waals surface area contributed by atoms with Gasteiger partial charge in [-0.15, -0.1) is 0 Å². The van der Waals surface area contributed by atoms with Gasteiger partial charge in [-0.2, -0.15) is 0 Å². The molecule has 1 aliphatic heterocycles. The molecule has 1 fully saturated rings. The zero-order valence-corrected chi connectivity index (χ0v) is 15.9. The van der Waals surface area contributed by atoms with Crippen LogP contribution in [0.1, 0.15) is 19.3 Å². The van der Waals surface area contributed by atoms with E-state index in [9.17, 15) is 4.79 Å². The molecule has 4 rings (SSSR count). The van der Waals surface area contributed by atoms with E-state index in [1.165, 1.54) is 36.7 Å². The molecule has 0 saturated carbocycles. The lowest BCUT2D eigenvalue weighted by Gasteiger charge is -2.28. The van der Waals surface area contributed by atoms with Gasteiger partial charge in [0.25, 0.3) is 0 Å². The van der Waals surface area contributed by atoms with E-state index in [1.54, 1.807) is 6.33 Å². The lowest BCUT2D eigenvalue weighted by Crippen LogP contribution is -2.29. The molecule has 0 radical (unpaired) electrons. The molecule has 2 aromatic carbocycles. The Labute approximate surface area is 163 Å². The van der Waals surface area contributed by atoms with E-state index in [-0.39, 0.29) is 5.91 Å². The van der Waals surface area contributed by atoms with Gasteiger partial charge in [0.2, 0.25) is 5.91 Å². The minimum absolute atomic E-state index is 0.0339. The van der Waals surface area contributed by atoms with Crippen molar-refractivity contribution < 1.29 is 4.79 Å². The molecule has 3 aromatic rings. The highest BCUT2D eigenvalue weighted by Gasteiger charge is 2.11. The van der Waals surface area contributed by atoms with Gasteiger partial charge in [-0.3, -0.25) is 4.79 Å². The molecule has 138 valence electrons. The summed E-state index contributed by atoms with van der Waals surface area (Å²) in [4.78, 5) is 23.3. The number of nitrogens with zero attached hydrogens (tertiary/aromatic N) is 3. The Morgan fingerprint density at radius 3 is 2.59 bits per heavy atom. The first kappa shape index (κ1) is 17.8. The van der Waals surface area contributed by atoms with Gasteiger partial charge in [-0.1, -0.05) is 30.0 Å². The number of nitrogens with one attached hydrogen (secondary N) is 1. The highest BCUT2D eigenvalue weighted by Crippen LogP contribution is 2.25. The zero-order valence-electron chi connectivity index (χ0n) is 15.1. The number of hydrogen-bond donors (Lipinski definition) is 1. The first-order valence-electron chi connectivity index (χ1n) is 9.27. The van der Waals surface area contributed by atoms with E-state index in [4.69, 9.17) is 0 Å². The molecule has 0 bridgehead atoms. The maximum atomic E-state index is 12.3. The standard InChI is InChI=1S/C21H22N4OS/c26-20(14-27-21-18-6-2-3-7-19(18)22-15-23-21)24-16-8-10-17(11-9-16)25-12-4-1-5-13-25/h2-3,6-11,15H,1,4-5,12-14H2,(H,24,26). The summed E-state index contributed by atoms with van der Waals surface area (Å²) < 4.78 is 0. The van der Waals surface area contributed by atoms with Crippen LogP contribution >= 0.6 is 11.8 Å². The first-order chi connectivity index (χ1) is 13.3. The van der Waals surface area contributed by atoms with Crippen LogP contribution in [0, 0.1) is 0 Å². The summed E-state index contributed by atoms with van der Waals surface area (Å²) in [6, 6.07) is 16.0. The van der Waals surface area contributed by atoms with Crippen molar-refractivity contribution in [3.8, 4) is 0 Å². The maximum absolute atomic E-state index is 12.3. The Bertz CT molecular complexity index is 918. The summed E-state index contributed by atoms with van der Waals surface area (Å²) in [5.41, 5.74) is 2.95. The number of rotatable bonds is 5. The lowest BCUT2D eigenvalue weighted by molar-refractivity contribution is -0.113. The zero-order chi connectivity index (χ0) is 18.5. The predicted molar refractivity (Wildman–Crippen MR) is 111 cm³/mol. The van der Waals surface area contributed by atoms with Crippen LogP contribution in [0.5, 0.6) is 0 Å². The normalized spacial score (nSPS) is 14.3. The summed E-state index contributed by atoms with van der Waals surface area (Å²) >= 11 is 1.43. The Morgan fingerprint density at radius 2 is 1.78 bits per heavy atom. The smallest absolute Gasteiger partial charge is 0.234 e. The molecule has 0 spiro atoms. The van der Waals surface area contributed by atoms with Crippen molar-refractivity contribution in [2.24, 2.45) is 0 Å². The summed E-state index contributed by atoms with van der Waals surface area (Å²) in [6.45, 7) is 2.24. The fourth-order valence-electron chi connectivity index (χ4n) is 3.33. The molecule has 1 saturated heterocycles. The van der Waals surface area contributed by atoms with Crippen molar-refractivity contribution in [3.63, 3.8) is 0 Å².